The standard InChI is InChI=1S/C11H6F3N3O3/c12-11(13,14)10-4-7(6-18)15-16(10)8-2-1-3-9(5-8)17(19)20/h1-6H. The van der Waals surface area contributed by atoms with E-state index in [1.165, 1.54) is 12.1 Å². The van der Waals surface area contributed by atoms with Crippen LogP contribution in [0.3, 0.4) is 0 Å². The minimum absolute atomic E-state index is 0.153. The highest BCUT2D eigenvalue weighted by atomic mass is 19.4. The lowest BCUT2D eigenvalue weighted by Gasteiger charge is -2.09. The fraction of sp³-hybridized carbons (Fsp3) is 0.0909. The summed E-state index contributed by atoms with van der Waals surface area (Å²) in [5.74, 6) is 0. The molecule has 2 rings (SSSR count). The lowest BCUT2D eigenvalue weighted by molar-refractivity contribution is -0.384. The van der Waals surface area contributed by atoms with Crippen LogP contribution in [-0.2, 0) is 6.18 Å². The topological polar surface area (TPSA) is 78.0 Å². The first-order chi connectivity index (χ1) is 9.32. The average molecular weight is 285 g/mol. The molecule has 0 bridgehead atoms. The first-order valence-electron chi connectivity index (χ1n) is 5.20. The van der Waals surface area contributed by atoms with Gasteiger partial charge in [0.15, 0.2) is 6.29 Å². The Balaban J connectivity index is 2.62. The zero-order valence-electron chi connectivity index (χ0n) is 9.66. The van der Waals surface area contributed by atoms with E-state index in [2.05, 4.69) is 5.10 Å². The highest BCUT2D eigenvalue weighted by molar-refractivity contribution is 5.72. The molecule has 1 heterocycles. The number of aromatic nitrogens is 2. The second-order valence-corrected chi connectivity index (χ2v) is 3.76. The molecule has 9 heteroatoms. The average Bonchev–Trinajstić information content (AvgIpc) is 2.83. The number of benzene rings is 1. The number of non-ortho nitro benzene ring substituents is 1. The van der Waals surface area contributed by atoms with Gasteiger partial charge in [-0.05, 0) is 12.1 Å². The van der Waals surface area contributed by atoms with Crippen molar-refractivity contribution in [3.05, 3.63) is 51.8 Å². The Kier molecular flexibility index (Phi) is 3.26. The third kappa shape index (κ3) is 2.51. The van der Waals surface area contributed by atoms with Crippen molar-refractivity contribution in [3.8, 4) is 5.69 Å². The van der Waals surface area contributed by atoms with E-state index in [1.807, 2.05) is 0 Å². The van der Waals surface area contributed by atoms with E-state index in [0.29, 0.717) is 10.7 Å². The smallest absolute Gasteiger partial charge is 0.296 e. The summed E-state index contributed by atoms with van der Waals surface area (Å²) in [6, 6.07) is 5.11. The zero-order valence-corrected chi connectivity index (χ0v) is 9.66. The maximum Gasteiger partial charge on any atom is 0.433 e. The first kappa shape index (κ1) is 13.7. The van der Waals surface area contributed by atoms with E-state index in [9.17, 15) is 28.1 Å². The van der Waals surface area contributed by atoms with Crippen LogP contribution >= 0.6 is 0 Å². The van der Waals surface area contributed by atoms with Gasteiger partial charge in [-0.3, -0.25) is 14.9 Å². The lowest BCUT2D eigenvalue weighted by Crippen LogP contribution is -2.13. The Morgan fingerprint density at radius 3 is 2.55 bits per heavy atom. The largest absolute Gasteiger partial charge is 0.433 e. The van der Waals surface area contributed by atoms with Gasteiger partial charge in [0.25, 0.3) is 5.69 Å². The van der Waals surface area contributed by atoms with E-state index in [4.69, 9.17) is 0 Å². The number of rotatable bonds is 3. The Labute approximate surface area is 109 Å². The van der Waals surface area contributed by atoms with Gasteiger partial charge in [-0.1, -0.05) is 6.07 Å². The quantitative estimate of drug-likeness (QED) is 0.493. The van der Waals surface area contributed by atoms with Gasteiger partial charge in [0.2, 0.25) is 0 Å². The van der Waals surface area contributed by atoms with Gasteiger partial charge < -0.3 is 0 Å². The molecule has 0 aliphatic rings. The van der Waals surface area contributed by atoms with Crippen LogP contribution in [0, 0.1) is 10.1 Å². The number of hydrogen-bond donors (Lipinski definition) is 0. The van der Waals surface area contributed by atoms with Crippen LogP contribution in [0.15, 0.2) is 30.3 Å². The van der Waals surface area contributed by atoms with Gasteiger partial charge in [-0.2, -0.15) is 18.3 Å². The summed E-state index contributed by atoms with van der Waals surface area (Å²) in [6.45, 7) is 0. The molecular weight excluding hydrogens is 279 g/mol. The summed E-state index contributed by atoms with van der Waals surface area (Å²) in [5, 5.41) is 14.1. The molecule has 0 N–H and O–H groups in total. The molecule has 0 fully saturated rings. The monoisotopic (exact) mass is 285 g/mol. The number of halogens is 3. The zero-order chi connectivity index (χ0) is 14.9. The molecule has 0 saturated carbocycles. The number of carbonyl (C=O) groups is 1. The maximum absolute atomic E-state index is 12.8. The van der Waals surface area contributed by atoms with Crippen LogP contribution in [0.2, 0.25) is 0 Å². The Morgan fingerprint density at radius 1 is 1.30 bits per heavy atom. The highest BCUT2D eigenvalue weighted by Crippen LogP contribution is 2.31. The van der Waals surface area contributed by atoms with E-state index < -0.39 is 22.5 Å². The third-order valence-electron chi connectivity index (χ3n) is 2.42. The van der Waals surface area contributed by atoms with Gasteiger partial charge in [-0.15, -0.1) is 0 Å². The summed E-state index contributed by atoms with van der Waals surface area (Å²) < 4.78 is 39.0. The number of carbonyl (C=O) groups excluding carboxylic acids is 1. The van der Waals surface area contributed by atoms with Crippen molar-refractivity contribution in [2.45, 2.75) is 6.18 Å². The van der Waals surface area contributed by atoms with Crippen molar-refractivity contribution in [1.82, 2.24) is 9.78 Å². The van der Waals surface area contributed by atoms with Gasteiger partial charge in [0.05, 0.1) is 10.6 Å². The fourth-order valence-electron chi connectivity index (χ4n) is 1.59. The molecule has 6 nitrogen and oxygen atoms in total. The lowest BCUT2D eigenvalue weighted by atomic mass is 10.2. The highest BCUT2D eigenvalue weighted by Gasteiger charge is 2.36. The van der Waals surface area contributed by atoms with E-state index >= 15 is 0 Å². The Hall–Kier alpha value is -2.71. The Bertz CT molecular complexity index is 679. The molecule has 20 heavy (non-hydrogen) atoms. The second-order valence-electron chi connectivity index (χ2n) is 3.76. The first-order valence-corrected chi connectivity index (χ1v) is 5.20. The van der Waals surface area contributed by atoms with Crippen LogP contribution in [-0.4, -0.2) is 21.0 Å². The second kappa shape index (κ2) is 4.76. The molecular formula is C11H6F3N3O3. The molecule has 0 spiro atoms. The third-order valence-corrected chi connectivity index (χ3v) is 2.42. The van der Waals surface area contributed by atoms with Crippen LogP contribution in [0.5, 0.6) is 0 Å². The predicted octanol–water partition coefficient (Wildman–Crippen LogP) is 2.61. The molecule has 1 aromatic heterocycles. The van der Waals surface area contributed by atoms with Crippen molar-refractivity contribution in [3.63, 3.8) is 0 Å². The number of alkyl halides is 3. The number of nitro benzene ring substituents is 1. The number of aldehydes is 1. The summed E-state index contributed by atoms with van der Waals surface area (Å²) >= 11 is 0. The summed E-state index contributed by atoms with van der Waals surface area (Å²) in [5.41, 5.74) is -2.12. The molecule has 104 valence electrons. The van der Waals surface area contributed by atoms with Gasteiger partial charge in [-0.25, -0.2) is 4.68 Å². The van der Waals surface area contributed by atoms with Crippen LogP contribution in [0.1, 0.15) is 16.2 Å². The van der Waals surface area contributed by atoms with Gasteiger partial charge in [0, 0.05) is 12.1 Å². The van der Waals surface area contributed by atoms with E-state index in [1.54, 1.807) is 0 Å². The van der Waals surface area contributed by atoms with Crippen molar-refractivity contribution in [1.29, 1.82) is 0 Å². The summed E-state index contributed by atoms with van der Waals surface area (Å²) in [7, 11) is 0. The van der Waals surface area contributed by atoms with E-state index in [0.717, 1.165) is 12.1 Å². The number of nitro groups is 1. The SMILES string of the molecule is O=Cc1cc(C(F)(F)F)n(-c2cccc([N+](=O)[O-])c2)n1. The summed E-state index contributed by atoms with van der Waals surface area (Å²) in [4.78, 5) is 20.4. The molecule has 0 amide bonds. The van der Waals surface area contributed by atoms with Crippen LogP contribution in [0.4, 0.5) is 18.9 Å². The van der Waals surface area contributed by atoms with Crippen molar-refractivity contribution >= 4 is 12.0 Å². The van der Waals surface area contributed by atoms with Crippen LogP contribution in [0.25, 0.3) is 5.69 Å². The molecule has 0 radical (unpaired) electrons. The van der Waals surface area contributed by atoms with Crippen molar-refractivity contribution in [2.24, 2.45) is 0 Å². The van der Waals surface area contributed by atoms with Gasteiger partial charge in [0.1, 0.15) is 11.4 Å². The molecule has 0 atom stereocenters. The maximum atomic E-state index is 12.8. The molecule has 0 unspecified atom stereocenters. The van der Waals surface area contributed by atoms with Crippen LogP contribution < -0.4 is 0 Å². The minimum atomic E-state index is -4.74. The number of hydrogen-bond acceptors (Lipinski definition) is 4. The predicted molar refractivity (Wildman–Crippen MR) is 60.6 cm³/mol. The van der Waals surface area contributed by atoms with Crippen molar-refractivity contribution in [2.75, 3.05) is 0 Å². The van der Waals surface area contributed by atoms with E-state index in [-0.39, 0.29) is 17.7 Å². The van der Waals surface area contributed by atoms with Gasteiger partial charge >= 0.3 is 6.18 Å². The summed E-state index contributed by atoms with van der Waals surface area (Å²) in [6.07, 6.45) is -4.57. The number of nitrogens with zero attached hydrogens (tertiary/aromatic N) is 3. The molecule has 0 aliphatic heterocycles. The minimum Gasteiger partial charge on any atom is -0.296 e. The normalized spacial score (nSPS) is 11.3. The Morgan fingerprint density at radius 2 is 2.00 bits per heavy atom. The van der Waals surface area contributed by atoms with Crippen molar-refractivity contribution < 1.29 is 22.9 Å². The fourth-order valence-corrected chi connectivity index (χ4v) is 1.59. The molecule has 0 saturated heterocycles. The molecule has 0 aliphatic carbocycles. The molecule has 1 aromatic carbocycles. The molecule has 2 aromatic rings.